The van der Waals surface area contributed by atoms with Crippen molar-refractivity contribution in [3.05, 3.63) is 88.2 Å². The van der Waals surface area contributed by atoms with Crippen LogP contribution >= 0.6 is 0 Å². The van der Waals surface area contributed by atoms with Crippen molar-refractivity contribution < 1.29 is 19.4 Å². The lowest BCUT2D eigenvalue weighted by atomic mass is 9.90. The molecule has 4 aromatic rings. The van der Waals surface area contributed by atoms with Crippen molar-refractivity contribution in [2.45, 2.75) is 78.1 Å². The van der Waals surface area contributed by atoms with E-state index in [0.717, 1.165) is 64.2 Å². The Kier molecular flexibility index (Phi) is 10.1. The molecule has 2 saturated heterocycles. The normalized spacial score (nSPS) is 19.3. The number of nitrogens with one attached hydrogen (secondary N) is 2. The minimum atomic E-state index is -0.394. The van der Waals surface area contributed by atoms with Crippen LogP contribution in [0.1, 0.15) is 67.8 Å². The van der Waals surface area contributed by atoms with Crippen LogP contribution in [0.2, 0.25) is 0 Å². The van der Waals surface area contributed by atoms with Gasteiger partial charge in [0.2, 0.25) is 5.91 Å². The van der Waals surface area contributed by atoms with Gasteiger partial charge in [-0.05, 0) is 86.9 Å². The molecule has 3 aliphatic heterocycles. The number of fused-ring (bicyclic) bond motifs is 3. The van der Waals surface area contributed by atoms with E-state index in [0.29, 0.717) is 58.8 Å². The number of carbonyl (C=O) groups is 2. The van der Waals surface area contributed by atoms with Gasteiger partial charge >= 0.3 is 0 Å². The summed E-state index contributed by atoms with van der Waals surface area (Å²) >= 11 is 0. The molecular weight excluding hydrogens is 723 g/mol. The summed E-state index contributed by atoms with van der Waals surface area (Å²) < 4.78 is 9.19. The van der Waals surface area contributed by atoms with Crippen molar-refractivity contribution in [1.29, 1.82) is 0 Å². The molecule has 4 aliphatic rings. The van der Waals surface area contributed by atoms with Crippen LogP contribution in [0, 0.1) is 5.41 Å². The van der Waals surface area contributed by atoms with Crippen molar-refractivity contribution >= 4 is 40.5 Å². The Hall–Kier alpha value is -5.31. The van der Waals surface area contributed by atoms with E-state index < -0.39 is 6.61 Å². The maximum Gasteiger partial charge on any atom is 0.293 e. The van der Waals surface area contributed by atoms with Gasteiger partial charge in [-0.25, -0.2) is 9.97 Å². The van der Waals surface area contributed by atoms with Gasteiger partial charge in [-0.2, -0.15) is 0 Å². The number of rotatable bonds is 9. The van der Waals surface area contributed by atoms with Crippen LogP contribution in [0.15, 0.2) is 60.2 Å². The van der Waals surface area contributed by atoms with Crippen molar-refractivity contribution in [2.75, 3.05) is 59.8 Å². The van der Waals surface area contributed by atoms with Crippen LogP contribution in [-0.4, -0.2) is 91.9 Å². The van der Waals surface area contributed by atoms with E-state index in [1.807, 2.05) is 24.3 Å². The number of pyridine rings is 1. The second kappa shape index (κ2) is 14.9. The minimum absolute atomic E-state index is 0.0562. The zero-order valence-electron chi connectivity index (χ0n) is 33.6. The molecule has 0 atom stereocenters. The molecule has 300 valence electrons. The Balaban J connectivity index is 1.08. The third kappa shape index (κ3) is 7.26. The first-order chi connectivity index (χ1) is 27.3. The summed E-state index contributed by atoms with van der Waals surface area (Å²) in [5.41, 5.74) is 6.08. The number of benzene rings is 1. The van der Waals surface area contributed by atoms with E-state index in [2.05, 4.69) is 64.3 Å². The number of aromatic nitrogens is 4. The van der Waals surface area contributed by atoms with Crippen LogP contribution in [0.3, 0.4) is 0 Å². The van der Waals surface area contributed by atoms with Gasteiger partial charge in [0.05, 0.1) is 23.7 Å². The van der Waals surface area contributed by atoms with Crippen LogP contribution in [-0.2, 0) is 42.6 Å². The first-order valence-electron chi connectivity index (χ1n) is 19.9. The first-order valence-corrected chi connectivity index (χ1v) is 19.9. The maximum atomic E-state index is 14.0. The number of hydrogen-bond donors (Lipinski definition) is 3. The zero-order chi connectivity index (χ0) is 40.2. The molecule has 8 rings (SSSR count). The lowest BCUT2D eigenvalue weighted by molar-refractivity contribution is -0.111. The molecule has 1 aromatic carbocycles. The number of aliphatic hydroxyl groups excluding tert-OH is 1. The van der Waals surface area contributed by atoms with Gasteiger partial charge in [-0.3, -0.25) is 24.2 Å². The molecule has 0 saturated carbocycles. The fourth-order valence-corrected chi connectivity index (χ4v) is 9.31. The lowest BCUT2D eigenvalue weighted by Crippen LogP contribution is -2.62. The third-order valence-electron chi connectivity index (χ3n) is 12.1. The van der Waals surface area contributed by atoms with Crippen LogP contribution < -0.4 is 26.0 Å². The lowest BCUT2D eigenvalue weighted by Gasteiger charge is -2.51. The van der Waals surface area contributed by atoms with E-state index in [-0.39, 0.29) is 34.1 Å². The quantitative estimate of drug-likeness (QED) is 0.201. The summed E-state index contributed by atoms with van der Waals surface area (Å²) in [6, 6.07) is 9.90. The van der Waals surface area contributed by atoms with E-state index in [1.54, 1.807) is 30.4 Å². The Morgan fingerprint density at radius 1 is 1.05 bits per heavy atom. The molecule has 57 heavy (non-hydrogen) atoms. The van der Waals surface area contributed by atoms with Crippen LogP contribution in [0.25, 0.3) is 11.3 Å². The number of nitrogens with zero attached hydrogens (tertiary/aromatic N) is 7. The molecule has 2 fully saturated rings. The number of anilines is 5. The Morgan fingerprint density at radius 3 is 2.58 bits per heavy atom. The highest BCUT2D eigenvalue weighted by molar-refractivity contribution is 6.06. The summed E-state index contributed by atoms with van der Waals surface area (Å²) in [6.45, 7) is 17.4. The first kappa shape index (κ1) is 38.6. The highest BCUT2D eigenvalue weighted by Gasteiger charge is 2.39. The molecule has 2 amide bonds. The molecule has 1 aliphatic carbocycles. The zero-order valence-corrected chi connectivity index (χ0v) is 33.6. The topological polar surface area (TPSA) is 150 Å². The predicted molar refractivity (Wildman–Crippen MR) is 221 cm³/mol. The third-order valence-corrected chi connectivity index (χ3v) is 12.1. The number of aliphatic hydroxyl groups is 1. The molecule has 14 heteroatoms. The number of carbonyl (C=O) groups excluding carboxylic acids is 2. The van der Waals surface area contributed by atoms with Gasteiger partial charge in [-0.15, -0.1) is 0 Å². The smallest absolute Gasteiger partial charge is 0.293 e. The highest BCUT2D eigenvalue weighted by Crippen LogP contribution is 2.41. The molecular formula is C43H53N9O5. The van der Waals surface area contributed by atoms with E-state index >= 15 is 0 Å². The molecule has 0 unspecified atom stereocenters. The second-order valence-corrected chi connectivity index (χ2v) is 17.2. The van der Waals surface area contributed by atoms with Crippen molar-refractivity contribution in [2.24, 2.45) is 12.5 Å². The van der Waals surface area contributed by atoms with Gasteiger partial charge in [-0.1, -0.05) is 20.4 Å². The second-order valence-electron chi connectivity index (χ2n) is 17.2. The van der Waals surface area contributed by atoms with Crippen molar-refractivity contribution in [3.8, 4) is 11.3 Å². The van der Waals surface area contributed by atoms with Gasteiger partial charge in [0, 0.05) is 99.5 Å². The Labute approximate surface area is 333 Å². The Bertz CT molecular complexity index is 2300. The number of hydrogen-bond acceptors (Lipinski definition) is 10. The largest absolute Gasteiger partial charge is 0.392 e. The summed E-state index contributed by atoms with van der Waals surface area (Å²) in [5, 5.41) is 17.0. The maximum absolute atomic E-state index is 14.0. The van der Waals surface area contributed by atoms with E-state index in [4.69, 9.17) is 9.72 Å². The van der Waals surface area contributed by atoms with Gasteiger partial charge in [0.1, 0.15) is 11.5 Å². The van der Waals surface area contributed by atoms with Gasteiger partial charge < -0.3 is 34.5 Å². The molecule has 0 radical (unpaired) electrons. The fourth-order valence-electron chi connectivity index (χ4n) is 9.31. The fraction of sp³-hybridized carbons (Fsp3) is 0.465. The summed E-state index contributed by atoms with van der Waals surface area (Å²) in [6.07, 6.45) is 8.38. The summed E-state index contributed by atoms with van der Waals surface area (Å²) in [4.78, 5) is 56.2. The molecule has 3 N–H and O–H groups in total. The summed E-state index contributed by atoms with van der Waals surface area (Å²) in [7, 11) is 1.64. The molecule has 0 spiro atoms. The monoisotopic (exact) mass is 775 g/mol. The minimum Gasteiger partial charge on any atom is -0.392 e. The van der Waals surface area contributed by atoms with Gasteiger partial charge in [0.15, 0.2) is 5.82 Å². The van der Waals surface area contributed by atoms with E-state index in [9.17, 15) is 19.5 Å². The van der Waals surface area contributed by atoms with Crippen molar-refractivity contribution in [1.82, 2.24) is 24.0 Å². The van der Waals surface area contributed by atoms with Gasteiger partial charge in [0.25, 0.3) is 11.5 Å². The van der Waals surface area contributed by atoms with Crippen LogP contribution in [0.5, 0.6) is 0 Å². The number of aryl methyl sites for hydroxylation is 1. The predicted octanol–water partition coefficient (Wildman–Crippen LogP) is 4.87. The molecule has 3 aromatic heterocycles. The molecule has 6 heterocycles. The molecule has 0 bridgehead atoms. The van der Waals surface area contributed by atoms with E-state index in [1.165, 1.54) is 21.9 Å². The number of ether oxygens (including phenoxy) is 1. The summed E-state index contributed by atoms with van der Waals surface area (Å²) in [5.74, 6) is -0.0777. The average Bonchev–Trinajstić information content (AvgIpc) is 3.68. The number of piperazine rings is 1. The van der Waals surface area contributed by atoms with Crippen LogP contribution in [0.4, 0.5) is 28.7 Å². The van der Waals surface area contributed by atoms with Crippen molar-refractivity contribution in [3.63, 3.8) is 0 Å². The number of amides is 2. The SMILES string of the molecule is C=CC(=O)Nc1cc(Nc2nc(-c3ccnc(N4CCn5c(cc6c5CC(C)(C)C6)C4=O)c3CO)cn(C)c2=O)ccc1N1CCN(C2CCOCC2)CC1(C)C. The average molecular weight is 776 g/mol. The standard InChI is InChI=1S/C43H53N9O5/c1-7-37(54)46-32-21-28(8-9-34(32)52-17-14-49(26-43(52,4)5)29-11-18-57-19-12-29)45-38-41(56)48(6)24-33(47-38)30-10-13-44-39(31(30)25-53)51-16-15-50-35(40(51)55)20-27-22-42(2,3)23-36(27)50/h7-10,13,20-21,24,29,53H,1,11-12,14-19,22-23,25-26H2,2-6H3,(H,45,47)(H,46,54). The Morgan fingerprint density at radius 2 is 1.84 bits per heavy atom. The highest BCUT2D eigenvalue weighted by atomic mass is 16.5. The molecule has 14 nitrogen and oxygen atoms in total.